The molecule has 4 rings (SSSR count). The molecule has 7 nitrogen and oxygen atoms in total. The molecule has 1 aromatic carbocycles. The Labute approximate surface area is 174 Å². The van der Waals surface area contributed by atoms with Crippen molar-refractivity contribution in [2.24, 2.45) is 0 Å². The third-order valence-corrected chi connectivity index (χ3v) is 6.23. The lowest BCUT2D eigenvalue weighted by Gasteiger charge is -2.31. The SMILES string of the molecule is COC(=O)C1=C(C(=O)OC)C2(CC(=O)c3ccccc32)C(=O)CC=C1N1CCCC1. The van der Waals surface area contributed by atoms with E-state index in [2.05, 4.69) is 0 Å². The molecule has 1 atom stereocenters. The van der Waals surface area contributed by atoms with Gasteiger partial charge in [0.25, 0.3) is 0 Å². The second-order valence-corrected chi connectivity index (χ2v) is 7.69. The molecule has 0 bridgehead atoms. The van der Waals surface area contributed by atoms with Crippen LogP contribution in [0.5, 0.6) is 0 Å². The van der Waals surface area contributed by atoms with Crippen molar-refractivity contribution in [1.29, 1.82) is 0 Å². The minimum atomic E-state index is -1.57. The van der Waals surface area contributed by atoms with Gasteiger partial charge in [0.1, 0.15) is 0 Å². The molecule has 30 heavy (non-hydrogen) atoms. The second-order valence-electron chi connectivity index (χ2n) is 7.69. The summed E-state index contributed by atoms with van der Waals surface area (Å²) in [6.07, 6.45) is 3.36. The Balaban J connectivity index is 2.08. The number of rotatable bonds is 3. The topological polar surface area (TPSA) is 90.0 Å². The highest BCUT2D eigenvalue weighted by Crippen LogP contribution is 2.49. The van der Waals surface area contributed by atoms with Gasteiger partial charge in [-0.25, -0.2) is 9.59 Å². The van der Waals surface area contributed by atoms with Crippen LogP contribution in [0.2, 0.25) is 0 Å². The predicted octanol–water partition coefficient (Wildman–Crippen LogP) is 2.11. The number of Topliss-reactive ketones (excluding diaryl/α,β-unsaturated/α-hetero) is 2. The number of nitrogens with zero attached hydrogens (tertiary/aromatic N) is 1. The van der Waals surface area contributed by atoms with E-state index in [0.717, 1.165) is 12.8 Å². The summed E-state index contributed by atoms with van der Waals surface area (Å²) >= 11 is 0. The van der Waals surface area contributed by atoms with Gasteiger partial charge in [-0.05, 0) is 18.4 Å². The lowest BCUT2D eigenvalue weighted by atomic mass is 9.69. The van der Waals surface area contributed by atoms with Gasteiger partial charge in [0, 0.05) is 37.2 Å². The number of methoxy groups -OCH3 is 2. The number of ether oxygens (including phenoxy) is 2. The van der Waals surface area contributed by atoms with Crippen LogP contribution in [0.4, 0.5) is 0 Å². The first kappa shape index (κ1) is 20.1. The highest BCUT2D eigenvalue weighted by atomic mass is 16.5. The van der Waals surface area contributed by atoms with Gasteiger partial charge in [0.05, 0.1) is 30.8 Å². The summed E-state index contributed by atoms with van der Waals surface area (Å²) < 4.78 is 10.1. The van der Waals surface area contributed by atoms with Crippen LogP contribution in [0.15, 0.2) is 47.2 Å². The Morgan fingerprint density at radius 1 is 1.00 bits per heavy atom. The Kier molecular flexibility index (Phi) is 5.05. The van der Waals surface area contributed by atoms with Crippen molar-refractivity contribution >= 4 is 23.5 Å². The molecule has 1 heterocycles. The molecule has 0 amide bonds. The molecular formula is C23H23NO6. The van der Waals surface area contributed by atoms with E-state index >= 15 is 0 Å². The van der Waals surface area contributed by atoms with E-state index in [1.54, 1.807) is 30.3 Å². The lowest BCUT2D eigenvalue weighted by Crippen LogP contribution is -2.41. The van der Waals surface area contributed by atoms with Crippen molar-refractivity contribution in [3.8, 4) is 0 Å². The number of benzene rings is 1. The maximum absolute atomic E-state index is 13.6. The van der Waals surface area contributed by atoms with Gasteiger partial charge in [0.2, 0.25) is 0 Å². The van der Waals surface area contributed by atoms with Crippen LogP contribution in [-0.2, 0) is 29.3 Å². The Bertz CT molecular complexity index is 1010. The first-order valence-electron chi connectivity index (χ1n) is 9.98. The number of carbonyl (C=O) groups excluding carboxylic acids is 4. The molecule has 1 fully saturated rings. The second kappa shape index (κ2) is 7.55. The van der Waals surface area contributed by atoms with Crippen molar-refractivity contribution in [2.75, 3.05) is 27.3 Å². The molecule has 0 saturated carbocycles. The Morgan fingerprint density at radius 3 is 2.33 bits per heavy atom. The lowest BCUT2D eigenvalue weighted by molar-refractivity contribution is -0.140. The predicted molar refractivity (Wildman–Crippen MR) is 107 cm³/mol. The molecule has 2 aliphatic carbocycles. The summed E-state index contributed by atoms with van der Waals surface area (Å²) in [4.78, 5) is 54.6. The van der Waals surface area contributed by atoms with Gasteiger partial charge in [-0.3, -0.25) is 9.59 Å². The van der Waals surface area contributed by atoms with Crippen molar-refractivity contribution < 1.29 is 28.7 Å². The van der Waals surface area contributed by atoms with Gasteiger partial charge in [0.15, 0.2) is 11.6 Å². The molecular weight excluding hydrogens is 386 g/mol. The van der Waals surface area contributed by atoms with Crippen LogP contribution in [0.1, 0.15) is 41.6 Å². The number of hydrogen-bond acceptors (Lipinski definition) is 7. The zero-order valence-electron chi connectivity index (χ0n) is 17.0. The van der Waals surface area contributed by atoms with Gasteiger partial charge in [-0.15, -0.1) is 0 Å². The van der Waals surface area contributed by atoms with Crippen molar-refractivity contribution in [3.63, 3.8) is 0 Å². The van der Waals surface area contributed by atoms with E-state index in [9.17, 15) is 19.2 Å². The van der Waals surface area contributed by atoms with Crippen molar-refractivity contribution in [1.82, 2.24) is 4.90 Å². The molecule has 0 N–H and O–H groups in total. The first-order valence-corrected chi connectivity index (χ1v) is 9.98. The number of fused-ring (bicyclic) bond motifs is 2. The minimum Gasteiger partial charge on any atom is -0.466 e. The summed E-state index contributed by atoms with van der Waals surface area (Å²) in [5.74, 6) is -2.08. The molecule has 0 radical (unpaired) electrons. The largest absolute Gasteiger partial charge is 0.466 e. The number of hydrogen-bond donors (Lipinski definition) is 0. The third kappa shape index (κ3) is 2.80. The van der Waals surface area contributed by atoms with Crippen LogP contribution < -0.4 is 0 Å². The zero-order valence-corrected chi connectivity index (χ0v) is 17.0. The van der Waals surface area contributed by atoms with Gasteiger partial charge in [-0.1, -0.05) is 30.3 Å². The molecule has 156 valence electrons. The summed E-state index contributed by atoms with van der Waals surface area (Å²) in [6, 6.07) is 6.76. The van der Waals surface area contributed by atoms with Crippen LogP contribution in [0, 0.1) is 0 Å². The molecule has 1 spiro atoms. The number of allylic oxidation sites excluding steroid dienone is 1. The highest BCUT2D eigenvalue weighted by molar-refractivity contribution is 6.19. The number of likely N-dealkylation sites (tertiary alicyclic amines) is 1. The summed E-state index contributed by atoms with van der Waals surface area (Å²) in [7, 11) is 2.44. The zero-order chi connectivity index (χ0) is 21.5. The van der Waals surface area contributed by atoms with E-state index in [1.165, 1.54) is 14.2 Å². The van der Waals surface area contributed by atoms with Gasteiger partial charge >= 0.3 is 11.9 Å². The molecule has 1 aliphatic heterocycles. The number of ketones is 2. The first-order chi connectivity index (χ1) is 14.5. The average molecular weight is 409 g/mol. The van der Waals surface area contributed by atoms with E-state index < -0.39 is 17.4 Å². The summed E-state index contributed by atoms with van der Waals surface area (Å²) in [5, 5.41) is 0. The van der Waals surface area contributed by atoms with Crippen LogP contribution in [-0.4, -0.2) is 55.7 Å². The monoisotopic (exact) mass is 409 g/mol. The molecule has 1 unspecified atom stereocenters. The van der Waals surface area contributed by atoms with Crippen LogP contribution >= 0.6 is 0 Å². The molecule has 1 saturated heterocycles. The van der Waals surface area contributed by atoms with Crippen molar-refractivity contribution in [2.45, 2.75) is 31.1 Å². The fourth-order valence-electron chi connectivity index (χ4n) is 4.88. The quantitative estimate of drug-likeness (QED) is 0.706. The van der Waals surface area contributed by atoms with E-state index in [-0.39, 0.29) is 35.6 Å². The molecule has 3 aliphatic rings. The summed E-state index contributed by atoms with van der Waals surface area (Å²) in [5.41, 5.74) is -0.319. The Morgan fingerprint density at radius 2 is 1.67 bits per heavy atom. The van der Waals surface area contributed by atoms with Gasteiger partial charge in [-0.2, -0.15) is 0 Å². The smallest absolute Gasteiger partial charge is 0.340 e. The standard InChI is InChI=1S/C23H23NO6/c1-29-21(27)19-16(24-11-5-6-12-24)9-10-18(26)23(20(19)22(28)30-2)13-17(25)14-7-3-4-8-15(14)23/h3-4,7-9H,5-6,10-13H2,1-2H3. The maximum atomic E-state index is 13.6. The molecule has 1 aromatic rings. The number of esters is 2. The van der Waals surface area contributed by atoms with Crippen LogP contribution in [0.25, 0.3) is 0 Å². The minimum absolute atomic E-state index is 0.00552. The van der Waals surface area contributed by atoms with E-state index in [0.29, 0.717) is 29.9 Å². The number of carbonyl (C=O) groups is 4. The fraction of sp³-hybridized carbons (Fsp3) is 0.391. The van der Waals surface area contributed by atoms with Crippen molar-refractivity contribution in [3.05, 3.63) is 58.3 Å². The van der Waals surface area contributed by atoms with E-state index in [1.807, 2.05) is 4.90 Å². The van der Waals surface area contributed by atoms with E-state index in [4.69, 9.17) is 9.47 Å². The molecule has 0 aromatic heterocycles. The normalized spacial score (nSPS) is 23.4. The third-order valence-electron chi connectivity index (χ3n) is 6.23. The highest BCUT2D eigenvalue weighted by Gasteiger charge is 2.56. The van der Waals surface area contributed by atoms with Gasteiger partial charge < -0.3 is 14.4 Å². The fourth-order valence-corrected chi connectivity index (χ4v) is 4.88. The Hall–Kier alpha value is -3.22. The molecule has 7 heteroatoms. The average Bonchev–Trinajstić information content (AvgIpc) is 3.37. The summed E-state index contributed by atoms with van der Waals surface area (Å²) in [6.45, 7) is 1.41. The maximum Gasteiger partial charge on any atom is 0.340 e. The van der Waals surface area contributed by atoms with Crippen LogP contribution in [0.3, 0.4) is 0 Å².